The molecule has 4 heteroatoms. The van der Waals surface area contributed by atoms with Gasteiger partial charge in [0.05, 0.1) is 13.2 Å². The highest BCUT2D eigenvalue weighted by Gasteiger charge is 2.09. The number of hydrogen-bond acceptors (Lipinski definition) is 3. The van der Waals surface area contributed by atoms with E-state index in [1.54, 1.807) is 0 Å². The fourth-order valence-electron chi connectivity index (χ4n) is 2.27. The Morgan fingerprint density at radius 1 is 1.25 bits per heavy atom. The minimum Gasteiger partial charge on any atom is -0.493 e. The van der Waals surface area contributed by atoms with Crippen molar-refractivity contribution < 1.29 is 14.6 Å². The van der Waals surface area contributed by atoms with Crippen molar-refractivity contribution >= 4 is 5.97 Å². The van der Waals surface area contributed by atoms with E-state index in [0.717, 1.165) is 42.8 Å². The molecule has 0 amide bonds. The predicted molar refractivity (Wildman–Crippen MR) is 80.4 cm³/mol. The van der Waals surface area contributed by atoms with Crippen molar-refractivity contribution in [2.24, 2.45) is 0 Å². The minimum atomic E-state index is -0.769. The average Bonchev–Trinajstić information content (AvgIpc) is 2.36. The van der Waals surface area contributed by atoms with Crippen LogP contribution >= 0.6 is 0 Å². The molecule has 1 N–H and O–H groups in total. The third kappa shape index (κ3) is 5.61. The first-order valence-corrected chi connectivity index (χ1v) is 7.17. The van der Waals surface area contributed by atoms with E-state index in [4.69, 9.17) is 9.84 Å². The molecule has 4 nitrogen and oxygen atoms in total. The van der Waals surface area contributed by atoms with Crippen LogP contribution in [-0.4, -0.2) is 42.2 Å². The molecule has 20 heavy (non-hydrogen) atoms. The molecule has 0 heterocycles. The summed E-state index contributed by atoms with van der Waals surface area (Å²) in [5, 5.41) is 8.84. The highest BCUT2D eigenvalue weighted by Crippen LogP contribution is 2.22. The second-order valence-electron chi connectivity index (χ2n) is 5.09. The molecular weight excluding hydrogens is 254 g/mol. The molecular formula is C16H25NO3. The summed E-state index contributed by atoms with van der Waals surface area (Å²) in [5.74, 6) is 0.182. The Morgan fingerprint density at radius 3 is 2.45 bits per heavy atom. The highest BCUT2D eigenvalue weighted by molar-refractivity contribution is 5.69. The first-order chi connectivity index (χ1) is 9.54. The normalized spacial score (nSPS) is 10.8. The van der Waals surface area contributed by atoms with E-state index in [2.05, 4.69) is 6.92 Å². The van der Waals surface area contributed by atoms with Gasteiger partial charge in [0, 0.05) is 6.54 Å². The number of hydrogen-bond donors (Lipinski definition) is 1. The summed E-state index contributed by atoms with van der Waals surface area (Å²) in [6.45, 7) is 8.43. The minimum absolute atomic E-state index is 0.108. The molecule has 112 valence electrons. The molecule has 0 atom stereocenters. The number of carbonyl (C=O) groups is 1. The van der Waals surface area contributed by atoms with Gasteiger partial charge in [0.2, 0.25) is 0 Å². The number of carboxylic acids is 1. The van der Waals surface area contributed by atoms with E-state index >= 15 is 0 Å². The van der Waals surface area contributed by atoms with Gasteiger partial charge in [-0.2, -0.15) is 0 Å². The smallest absolute Gasteiger partial charge is 0.317 e. The van der Waals surface area contributed by atoms with E-state index < -0.39 is 5.97 Å². The van der Waals surface area contributed by atoms with E-state index in [1.165, 1.54) is 0 Å². The molecule has 0 radical (unpaired) electrons. The van der Waals surface area contributed by atoms with Crippen molar-refractivity contribution in [2.45, 2.75) is 33.6 Å². The summed E-state index contributed by atoms with van der Waals surface area (Å²) >= 11 is 0. The third-order valence-electron chi connectivity index (χ3n) is 3.17. The zero-order valence-electron chi connectivity index (χ0n) is 12.7. The Kier molecular flexibility index (Phi) is 7.09. The SMILES string of the molecule is CCCN(CCCOc1c(C)cccc1C)CC(=O)O. The standard InChI is InChI=1S/C16H25NO3/c1-4-9-17(12-15(18)19)10-6-11-20-16-13(2)7-5-8-14(16)3/h5,7-8H,4,6,9-12H2,1-3H3,(H,18,19). The maximum Gasteiger partial charge on any atom is 0.317 e. The molecule has 0 spiro atoms. The van der Waals surface area contributed by atoms with Crippen LogP contribution in [0.25, 0.3) is 0 Å². The number of para-hydroxylation sites is 1. The summed E-state index contributed by atoms with van der Waals surface area (Å²) in [6.07, 6.45) is 1.80. The van der Waals surface area contributed by atoms with Gasteiger partial charge < -0.3 is 9.84 Å². The molecule has 0 unspecified atom stereocenters. The number of ether oxygens (including phenoxy) is 1. The Hall–Kier alpha value is -1.55. The topological polar surface area (TPSA) is 49.8 Å². The van der Waals surface area contributed by atoms with Gasteiger partial charge in [-0.3, -0.25) is 9.69 Å². The summed E-state index contributed by atoms with van der Waals surface area (Å²) in [5.41, 5.74) is 2.28. The quantitative estimate of drug-likeness (QED) is 0.706. The fraction of sp³-hybridized carbons (Fsp3) is 0.562. The Balaban J connectivity index is 2.38. The van der Waals surface area contributed by atoms with Crippen LogP contribution in [0.4, 0.5) is 0 Å². The van der Waals surface area contributed by atoms with Crippen LogP contribution in [0.5, 0.6) is 5.75 Å². The highest BCUT2D eigenvalue weighted by atomic mass is 16.5. The maximum absolute atomic E-state index is 10.8. The molecule has 0 fully saturated rings. The van der Waals surface area contributed by atoms with Crippen molar-refractivity contribution in [1.82, 2.24) is 4.90 Å². The number of nitrogens with zero attached hydrogens (tertiary/aromatic N) is 1. The van der Waals surface area contributed by atoms with Crippen molar-refractivity contribution in [1.29, 1.82) is 0 Å². The van der Waals surface area contributed by atoms with Crippen molar-refractivity contribution in [3.05, 3.63) is 29.3 Å². The zero-order chi connectivity index (χ0) is 15.0. The first kappa shape index (κ1) is 16.5. The summed E-state index contributed by atoms with van der Waals surface area (Å²) in [6, 6.07) is 6.10. The molecule has 0 aromatic heterocycles. The van der Waals surface area contributed by atoms with Gasteiger partial charge in [0.25, 0.3) is 0 Å². The number of rotatable bonds is 9. The van der Waals surface area contributed by atoms with Crippen LogP contribution in [-0.2, 0) is 4.79 Å². The average molecular weight is 279 g/mol. The van der Waals surface area contributed by atoms with E-state index in [0.29, 0.717) is 6.61 Å². The van der Waals surface area contributed by atoms with Crippen LogP contribution in [0.2, 0.25) is 0 Å². The molecule has 0 aliphatic carbocycles. The summed E-state index contributed by atoms with van der Waals surface area (Å²) < 4.78 is 5.83. The number of aryl methyl sites for hydroxylation is 2. The molecule has 0 aliphatic rings. The van der Waals surface area contributed by atoms with Crippen molar-refractivity contribution in [2.75, 3.05) is 26.2 Å². The number of carboxylic acid groups (broad SMARTS) is 1. The first-order valence-electron chi connectivity index (χ1n) is 7.17. The van der Waals surface area contributed by atoms with Crippen molar-refractivity contribution in [3.8, 4) is 5.75 Å². The molecule has 0 aliphatic heterocycles. The molecule has 1 aromatic carbocycles. The van der Waals surface area contributed by atoms with Gasteiger partial charge in [0.1, 0.15) is 5.75 Å². The van der Waals surface area contributed by atoms with Crippen LogP contribution < -0.4 is 4.74 Å². The third-order valence-corrected chi connectivity index (χ3v) is 3.17. The molecule has 0 bridgehead atoms. The molecule has 0 saturated carbocycles. The lowest BCUT2D eigenvalue weighted by atomic mass is 10.1. The van der Waals surface area contributed by atoms with Gasteiger partial charge >= 0.3 is 5.97 Å². The monoisotopic (exact) mass is 279 g/mol. The lowest BCUT2D eigenvalue weighted by molar-refractivity contribution is -0.138. The lowest BCUT2D eigenvalue weighted by Crippen LogP contribution is -2.32. The Bertz CT molecular complexity index is 411. The van der Waals surface area contributed by atoms with Gasteiger partial charge in [-0.1, -0.05) is 25.1 Å². The Labute approximate surface area is 121 Å². The second kappa shape index (κ2) is 8.59. The summed E-state index contributed by atoms with van der Waals surface area (Å²) in [7, 11) is 0. The molecule has 1 aromatic rings. The number of benzene rings is 1. The van der Waals surface area contributed by atoms with Crippen LogP contribution in [0, 0.1) is 13.8 Å². The van der Waals surface area contributed by atoms with Gasteiger partial charge in [0.15, 0.2) is 0 Å². The number of aliphatic carboxylic acids is 1. The molecule has 1 rings (SSSR count). The van der Waals surface area contributed by atoms with Crippen LogP contribution in [0.1, 0.15) is 30.9 Å². The zero-order valence-corrected chi connectivity index (χ0v) is 12.7. The second-order valence-corrected chi connectivity index (χ2v) is 5.09. The Morgan fingerprint density at radius 2 is 1.90 bits per heavy atom. The fourth-order valence-corrected chi connectivity index (χ4v) is 2.27. The van der Waals surface area contributed by atoms with Gasteiger partial charge in [-0.15, -0.1) is 0 Å². The van der Waals surface area contributed by atoms with E-state index in [9.17, 15) is 4.79 Å². The van der Waals surface area contributed by atoms with Crippen molar-refractivity contribution in [3.63, 3.8) is 0 Å². The van der Waals surface area contributed by atoms with Gasteiger partial charge in [-0.05, 0) is 44.4 Å². The lowest BCUT2D eigenvalue weighted by Gasteiger charge is -2.19. The predicted octanol–water partition coefficient (Wildman–Crippen LogP) is 2.87. The molecule has 0 saturated heterocycles. The van der Waals surface area contributed by atoms with E-state index in [-0.39, 0.29) is 6.54 Å². The van der Waals surface area contributed by atoms with E-state index in [1.807, 2.05) is 36.9 Å². The van der Waals surface area contributed by atoms with Gasteiger partial charge in [-0.25, -0.2) is 0 Å². The maximum atomic E-state index is 10.8. The van der Waals surface area contributed by atoms with Crippen LogP contribution in [0.3, 0.4) is 0 Å². The van der Waals surface area contributed by atoms with Crippen LogP contribution in [0.15, 0.2) is 18.2 Å². The largest absolute Gasteiger partial charge is 0.493 e. The summed E-state index contributed by atoms with van der Waals surface area (Å²) in [4.78, 5) is 12.7.